The van der Waals surface area contributed by atoms with E-state index < -0.39 is 23.1 Å². The predicted octanol–water partition coefficient (Wildman–Crippen LogP) is -0.253. The van der Waals surface area contributed by atoms with Gasteiger partial charge in [-0.05, 0) is 27.2 Å². The fraction of sp³-hybridized carbons (Fsp3) is 0.800. The third kappa shape index (κ3) is 2.63. The van der Waals surface area contributed by atoms with E-state index in [0.717, 1.165) is 0 Å². The minimum Gasteiger partial charge on any atom is -0.444 e. The molecule has 0 saturated heterocycles. The van der Waals surface area contributed by atoms with Crippen molar-refractivity contribution < 1.29 is 19.4 Å². The fourth-order valence-corrected chi connectivity index (χ4v) is 1.55. The second kappa shape index (κ2) is 3.93. The summed E-state index contributed by atoms with van der Waals surface area (Å²) in [5, 5.41) is 11.4. The molecule has 6 nitrogen and oxygen atoms in total. The van der Waals surface area contributed by atoms with Crippen molar-refractivity contribution in [1.82, 2.24) is 5.32 Å². The molecule has 0 aromatic carbocycles. The number of amides is 2. The van der Waals surface area contributed by atoms with Crippen molar-refractivity contribution in [2.45, 2.75) is 38.3 Å². The Bertz CT molecular complexity index is 310. The molecule has 0 aliphatic heterocycles. The van der Waals surface area contributed by atoms with Crippen molar-refractivity contribution in [3.05, 3.63) is 0 Å². The van der Waals surface area contributed by atoms with Crippen LogP contribution in [0.25, 0.3) is 0 Å². The van der Waals surface area contributed by atoms with Crippen LogP contribution in [0.3, 0.4) is 0 Å². The topological polar surface area (TPSA) is 102 Å². The molecule has 0 aromatic rings. The quantitative estimate of drug-likeness (QED) is 0.622. The van der Waals surface area contributed by atoms with Crippen molar-refractivity contribution >= 4 is 12.0 Å². The number of ether oxygens (including phenoxy) is 1. The number of nitrogens with one attached hydrogen (secondary N) is 1. The Labute approximate surface area is 94.1 Å². The van der Waals surface area contributed by atoms with Crippen LogP contribution >= 0.6 is 0 Å². The summed E-state index contributed by atoms with van der Waals surface area (Å²) in [6, 6.07) is 0. The maximum Gasteiger partial charge on any atom is 0.408 e. The average molecular weight is 230 g/mol. The lowest BCUT2D eigenvalue weighted by atomic mass is 10.2. The standard InChI is InChI=1S/C10H18N2O4/c1-9(2,3)16-8(15)12-10(7(11)14)4-6(10)5-13/h6,13H,4-5H2,1-3H3,(H2,11,14)(H,12,15). The molecule has 2 unspecified atom stereocenters. The number of primary amides is 1. The zero-order valence-electron chi connectivity index (χ0n) is 9.74. The number of rotatable bonds is 3. The molecule has 4 N–H and O–H groups in total. The van der Waals surface area contributed by atoms with Crippen molar-refractivity contribution in [2.75, 3.05) is 6.61 Å². The van der Waals surface area contributed by atoms with Gasteiger partial charge >= 0.3 is 6.09 Å². The van der Waals surface area contributed by atoms with Gasteiger partial charge in [-0.25, -0.2) is 4.79 Å². The van der Waals surface area contributed by atoms with Gasteiger partial charge in [-0.15, -0.1) is 0 Å². The molecule has 1 rings (SSSR count). The van der Waals surface area contributed by atoms with Gasteiger partial charge in [0.1, 0.15) is 11.1 Å². The lowest BCUT2D eigenvalue weighted by Gasteiger charge is -2.22. The molecule has 2 amide bonds. The maximum absolute atomic E-state index is 11.5. The summed E-state index contributed by atoms with van der Waals surface area (Å²) in [4.78, 5) is 22.7. The van der Waals surface area contributed by atoms with Crippen LogP contribution < -0.4 is 11.1 Å². The minimum absolute atomic E-state index is 0.182. The molecule has 92 valence electrons. The molecular weight excluding hydrogens is 212 g/mol. The van der Waals surface area contributed by atoms with E-state index in [1.54, 1.807) is 20.8 Å². The number of carbonyl (C=O) groups excluding carboxylic acids is 2. The van der Waals surface area contributed by atoms with Crippen LogP contribution in [0.1, 0.15) is 27.2 Å². The van der Waals surface area contributed by atoms with Gasteiger partial charge in [-0.2, -0.15) is 0 Å². The summed E-state index contributed by atoms with van der Waals surface area (Å²) in [6.07, 6.45) is -0.333. The van der Waals surface area contributed by atoms with E-state index in [1.807, 2.05) is 0 Å². The van der Waals surface area contributed by atoms with Crippen LogP contribution in [0.2, 0.25) is 0 Å². The first kappa shape index (κ1) is 12.8. The van der Waals surface area contributed by atoms with Crippen LogP contribution in [0, 0.1) is 5.92 Å². The van der Waals surface area contributed by atoms with Crippen molar-refractivity contribution in [3.63, 3.8) is 0 Å². The molecule has 1 saturated carbocycles. The Kier molecular flexibility index (Phi) is 3.14. The van der Waals surface area contributed by atoms with Gasteiger partial charge in [0.05, 0.1) is 0 Å². The lowest BCUT2D eigenvalue weighted by Crippen LogP contribution is -2.50. The van der Waals surface area contributed by atoms with Crippen molar-refractivity contribution in [1.29, 1.82) is 0 Å². The average Bonchev–Trinajstić information content (AvgIpc) is 2.76. The zero-order chi connectivity index (χ0) is 12.6. The van der Waals surface area contributed by atoms with E-state index in [-0.39, 0.29) is 12.5 Å². The summed E-state index contributed by atoms with van der Waals surface area (Å²) in [7, 11) is 0. The molecule has 0 aromatic heterocycles. The van der Waals surface area contributed by atoms with Gasteiger partial charge in [-0.1, -0.05) is 0 Å². The third-order valence-corrected chi connectivity index (χ3v) is 2.49. The smallest absolute Gasteiger partial charge is 0.408 e. The zero-order valence-corrected chi connectivity index (χ0v) is 9.74. The number of carbonyl (C=O) groups is 2. The molecule has 0 heterocycles. The number of alkyl carbamates (subject to hydrolysis) is 1. The second-order valence-corrected chi connectivity index (χ2v) is 5.05. The number of aliphatic hydroxyl groups excluding tert-OH is 1. The van der Waals surface area contributed by atoms with Crippen LogP contribution in [-0.2, 0) is 9.53 Å². The normalized spacial score (nSPS) is 28.4. The largest absolute Gasteiger partial charge is 0.444 e. The van der Waals surface area contributed by atoms with Crippen LogP contribution in [0.5, 0.6) is 0 Å². The molecular formula is C10H18N2O4. The highest BCUT2D eigenvalue weighted by Crippen LogP contribution is 2.42. The third-order valence-electron chi connectivity index (χ3n) is 2.49. The first-order valence-corrected chi connectivity index (χ1v) is 5.13. The van der Waals surface area contributed by atoms with Gasteiger partial charge in [0, 0.05) is 12.5 Å². The number of nitrogens with two attached hydrogens (primary N) is 1. The Hall–Kier alpha value is -1.30. The summed E-state index contributed by atoms with van der Waals surface area (Å²) in [6.45, 7) is 4.98. The van der Waals surface area contributed by atoms with E-state index in [4.69, 9.17) is 15.6 Å². The van der Waals surface area contributed by atoms with E-state index in [0.29, 0.717) is 6.42 Å². The number of hydrogen-bond acceptors (Lipinski definition) is 4. The van der Waals surface area contributed by atoms with Crippen LogP contribution in [0.15, 0.2) is 0 Å². The molecule has 16 heavy (non-hydrogen) atoms. The molecule has 1 aliphatic rings. The monoisotopic (exact) mass is 230 g/mol. The Morgan fingerprint density at radius 2 is 2.12 bits per heavy atom. The number of aliphatic hydroxyl groups is 1. The molecule has 2 atom stereocenters. The summed E-state index contributed by atoms with van der Waals surface area (Å²) in [5.74, 6) is -0.949. The molecule has 0 radical (unpaired) electrons. The SMILES string of the molecule is CC(C)(C)OC(=O)NC1(C(N)=O)CC1CO. The molecule has 1 aliphatic carbocycles. The summed E-state index contributed by atoms with van der Waals surface area (Å²) in [5.41, 5.74) is 3.43. The first-order valence-electron chi connectivity index (χ1n) is 5.13. The Balaban J connectivity index is 2.59. The highest BCUT2D eigenvalue weighted by molar-refractivity contribution is 5.92. The molecule has 6 heteroatoms. The Morgan fingerprint density at radius 3 is 2.44 bits per heavy atom. The highest BCUT2D eigenvalue weighted by atomic mass is 16.6. The van der Waals surface area contributed by atoms with Gasteiger partial charge in [0.25, 0.3) is 0 Å². The number of hydrogen-bond donors (Lipinski definition) is 3. The Morgan fingerprint density at radius 1 is 1.56 bits per heavy atom. The maximum atomic E-state index is 11.5. The van der Waals surface area contributed by atoms with E-state index >= 15 is 0 Å². The van der Waals surface area contributed by atoms with Crippen molar-refractivity contribution in [3.8, 4) is 0 Å². The van der Waals surface area contributed by atoms with Crippen LogP contribution in [-0.4, -0.2) is 34.9 Å². The van der Waals surface area contributed by atoms with Gasteiger partial charge < -0.3 is 20.9 Å². The van der Waals surface area contributed by atoms with E-state index in [9.17, 15) is 9.59 Å². The van der Waals surface area contributed by atoms with Crippen LogP contribution in [0.4, 0.5) is 4.79 Å². The lowest BCUT2D eigenvalue weighted by molar-refractivity contribution is -0.121. The molecule has 1 fully saturated rings. The van der Waals surface area contributed by atoms with E-state index in [2.05, 4.69) is 5.32 Å². The second-order valence-electron chi connectivity index (χ2n) is 5.05. The van der Waals surface area contributed by atoms with Gasteiger partial charge in [-0.3, -0.25) is 4.79 Å². The van der Waals surface area contributed by atoms with Gasteiger partial charge in [0.15, 0.2) is 0 Å². The highest BCUT2D eigenvalue weighted by Gasteiger charge is 2.60. The molecule has 0 bridgehead atoms. The van der Waals surface area contributed by atoms with E-state index in [1.165, 1.54) is 0 Å². The predicted molar refractivity (Wildman–Crippen MR) is 56.5 cm³/mol. The summed E-state index contributed by atoms with van der Waals surface area (Å²) < 4.78 is 5.02. The van der Waals surface area contributed by atoms with Crippen molar-refractivity contribution in [2.24, 2.45) is 11.7 Å². The first-order chi connectivity index (χ1) is 7.21. The summed E-state index contributed by atoms with van der Waals surface area (Å²) >= 11 is 0. The minimum atomic E-state index is -1.13. The molecule has 0 spiro atoms. The van der Waals surface area contributed by atoms with Gasteiger partial charge in [0.2, 0.25) is 5.91 Å². The fourth-order valence-electron chi connectivity index (χ4n) is 1.55.